The zero-order valence-electron chi connectivity index (χ0n) is 14.1. The van der Waals surface area contributed by atoms with Gasteiger partial charge in [-0.15, -0.1) is 0 Å². The van der Waals surface area contributed by atoms with E-state index in [0.717, 1.165) is 5.69 Å². The highest BCUT2D eigenvalue weighted by Gasteiger charge is 2.20. The number of carbonyl (C=O) groups excluding carboxylic acids is 2. The SMILES string of the molecule is CC(C)N(CCC(=O)NCCc1ccccn1)C(=O)c1ccoc1. The summed E-state index contributed by atoms with van der Waals surface area (Å²) in [6.07, 6.45) is 5.58. The minimum atomic E-state index is -0.125. The molecule has 0 aliphatic rings. The summed E-state index contributed by atoms with van der Waals surface area (Å²) >= 11 is 0. The van der Waals surface area contributed by atoms with E-state index in [-0.39, 0.29) is 24.3 Å². The van der Waals surface area contributed by atoms with Crippen LogP contribution < -0.4 is 5.32 Å². The fourth-order valence-corrected chi connectivity index (χ4v) is 2.33. The van der Waals surface area contributed by atoms with Crippen molar-refractivity contribution < 1.29 is 14.0 Å². The number of carbonyl (C=O) groups is 2. The van der Waals surface area contributed by atoms with Gasteiger partial charge in [-0.1, -0.05) is 6.07 Å². The minimum absolute atomic E-state index is 0.00807. The highest BCUT2D eigenvalue weighted by atomic mass is 16.3. The van der Waals surface area contributed by atoms with E-state index in [9.17, 15) is 9.59 Å². The number of nitrogens with one attached hydrogen (secondary N) is 1. The Bertz CT molecular complexity index is 639. The van der Waals surface area contributed by atoms with E-state index >= 15 is 0 Å². The lowest BCUT2D eigenvalue weighted by Gasteiger charge is -2.26. The van der Waals surface area contributed by atoms with E-state index in [2.05, 4.69) is 10.3 Å². The van der Waals surface area contributed by atoms with Gasteiger partial charge in [-0.25, -0.2) is 0 Å². The average molecular weight is 329 g/mol. The van der Waals surface area contributed by atoms with Crippen molar-refractivity contribution in [2.24, 2.45) is 0 Å². The van der Waals surface area contributed by atoms with Crippen LogP contribution in [-0.2, 0) is 11.2 Å². The third-order valence-corrected chi connectivity index (χ3v) is 3.66. The van der Waals surface area contributed by atoms with Crippen molar-refractivity contribution in [1.82, 2.24) is 15.2 Å². The summed E-state index contributed by atoms with van der Waals surface area (Å²) in [5, 5.41) is 2.86. The first kappa shape index (κ1) is 17.7. The summed E-state index contributed by atoms with van der Waals surface area (Å²) in [6, 6.07) is 7.35. The summed E-state index contributed by atoms with van der Waals surface area (Å²) in [5.41, 5.74) is 1.44. The van der Waals surface area contributed by atoms with Gasteiger partial charge < -0.3 is 14.6 Å². The summed E-state index contributed by atoms with van der Waals surface area (Å²) in [5.74, 6) is -0.198. The lowest BCUT2D eigenvalue weighted by atomic mass is 10.2. The van der Waals surface area contributed by atoms with E-state index < -0.39 is 0 Å². The Morgan fingerprint density at radius 1 is 1.29 bits per heavy atom. The van der Waals surface area contributed by atoms with E-state index in [0.29, 0.717) is 25.1 Å². The Kier molecular flexibility index (Phi) is 6.54. The molecule has 0 aliphatic heterocycles. The van der Waals surface area contributed by atoms with Gasteiger partial charge in [0.25, 0.3) is 5.91 Å². The first-order chi connectivity index (χ1) is 11.6. The van der Waals surface area contributed by atoms with Crippen LogP contribution in [0.25, 0.3) is 0 Å². The monoisotopic (exact) mass is 329 g/mol. The quantitative estimate of drug-likeness (QED) is 0.806. The van der Waals surface area contributed by atoms with Crippen LogP contribution in [0.15, 0.2) is 47.4 Å². The van der Waals surface area contributed by atoms with Gasteiger partial charge in [0.2, 0.25) is 5.91 Å². The normalized spacial score (nSPS) is 10.6. The smallest absolute Gasteiger partial charge is 0.257 e. The summed E-state index contributed by atoms with van der Waals surface area (Å²) in [7, 11) is 0. The van der Waals surface area contributed by atoms with Gasteiger partial charge in [0, 0.05) is 43.9 Å². The van der Waals surface area contributed by atoms with Crippen LogP contribution in [0.1, 0.15) is 36.3 Å². The van der Waals surface area contributed by atoms with Crippen molar-refractivity contribution in [3.05, 3.63) is 54.2 Å². The van der Waals surface area contributed by atoms with Gasteiger partial charge in [-0.3, -0.25) is 14.6 Å². The Balaban J connectivity index is 1.77. The molecule has 2 heterocycles. The minimum Gasteiger partial charge on any atom is -0.472 e. The number of amides is 2. The van der Waals surface area contributed by atoms with Gasteiger partial charge in [0.05, 0.1) is 11.8 Å². The Morgan fingerprint density at radius 2 is 2.12 bits per heavy atom. The molecule has 0 spiro atoms. The second kappa shape index (κ2) is 8.86. The van der Waals surface area contributed by atoms with E-state index in [1.807, 2.05) is 32.0 Å². The van der Waals surface area contributed by atoms with Crippen molar-refractivity contribution in [2.45, 2.75) is 32.7 Å². The lowest BCUT2D eigenvalue weighted by Crippen LogP contribution is -2.39. The molecule has 2 aromatic rings. The summed E-state index contributed by atoms with van der Waals surface area (Å²) < 4.78 is 4.95. The first-order valence-corrected chi connectivity index (χ1v) is 8.07. The number of hydrogen-bond donors (Lipinski definition) is 1. The molecule has 24 heavy (non-hydrogen) atoms. The maximum Gasteiger partial charge on any atom is 0.257 e. The molecule has 0 saturated carbocycles. The van der Waals surface area contributed by atoms with Crippen LogP contribution in [-0.4, -0.2) is 40.8 Å². The highest BCUT2D eigenvalue weighted by Crippen LogP contribution is 2.09. The molecular formula is C18H23N3O3. The molecule has 0 saturated heterocycles. The van der Waals surface area contributed by atoms with Crippen LogP contribution in [0.5, 0.6) is 0 Å². The number of hydrogen-bond acceptors (Lipinski definition) is 4. The van der Waals surface area contributed by atoms with Crippen molar-refractivity contribution in [2.75, 3.05) is 13.1 Å². The van der Waals surface area contributed by atoms with E-state index in [1.165, 1.54) is 12.5 Å². The van der Waals surface area contributed by atoms with Gasteiger partial charge in [-0.05, 0) is 32.0 Å². The van der Waals surface area contributed by atoms with Crippen LogP contribution in [0, 0.1) is 0 Å². The zero-order valence-corrected chi connectivity index (χ0v) is 14.1. The molecule has 0 atom stereocenters. The molecule has 6 nitrogen and oxygen atoms in total. The molecule has 0 radical (unpaired) electrons. The summed E-state index contributed by atoms with van der Waals surface area (Å²) in [4.78, 5) is 30.2. The van der Waals surface area contributed by atoms with Gasteiger partial charge in [0.15, 0.2) is 0 Å². The maximum atomic E-state index is 12.4. The van der Waals surface area contributed by atoms with Crippen molar-refractivity contribution in [3.8, 4) is 0 Å². The number of aromatic nitrogens is 1. The molecule has 2 amide bonds. The van der Waals surface area contributed by atoms with Gasteiger partial charge in [-0.2, -0.15) is 0 Å². The molecule has 0 fully saturated rings. The number of furan rings is 1. The van der Waals surface area contributed by atoms with Crippen LogP contribution in [0.2, 0.25) is 0 Å². The maximum absolute atomic E-state index is 12.4. The predicted octanol–water partition coefficient (Wildman–Crippen LogP) is 2.27. The first-order valence-electron chi connectivity index (χ1n) is 8.07. The molecule has 1 N–H and O–H groups in total. The molecule has 0 aromatic carbocycles. The Morgan fingerprint density at radius 3 is 2.75 bits per heavy atom. The molecule has 0 unspecified atom stereocenters. The second-order valence-electron chi connectivity index (χ2n) is 5.78. The van der Waals surface area contributed by atoms with E-state index in [4.69, 9.17) is 4.42 Å². The third kappa shape index (κ3) is 5.22. The summed E-state index contributed by atoms with van der Waals surface area (Å²) in [6.45, 7) is 4.76. The van der Waals surface area contributed by atoms with Crippen LogP contribution in [0.4, 0.5) is 0 Å². The lowest BCUT2D eigenvalue weighted by molar-refractivity contribution is -0.121. The largest absolute Gasteiger partial charge is 0.472 e. The van der Waals surface area contributed by atoms with Crippen molar-refractivity contribution in [1.29, 1.82) is 0 Å². The van der Waals surface area contributed by atoms with Gasteiger partial charge in [0.1, 0.15) is 6.26 Å². The molecule has 0 aliphatic carbocycles. The topological polar surface area (TPSA) is 75.4 Å². The average Bonchev–Trinajstić information content (AvgIpc) is 3.10. The van der Waals surface area contributed by atoms with Crippen molar-refractivity contribution in [3.63, 3.8) is 0 Å². The fourth-order valence-electron chi connectivity index (χ4n) is 2.33. The fraction of sp³-hybridized carbons (Fsp3) is 0.389. The van der Waals surface area contributed by atoms with Gasteiger partial charge >= 0.3 is 0 Å². The Hall–Kier alpha value is -2.63. The second-order valence-corrected chi connectivity index (χ2v) is 5.78. The standard InChI is InChI=1S/C18H23N3O3/c1-14(2)21(18(23)15-8-12-24-13-15)11-7-17(22)20-10-6-16-5-3-4-9-19-16/h3-5,8-9,12-14H,6-7,10-11H2,1-2H3,(H,20,22). The number of nitrogens with zero attached hydrogens (tertiary/aromatic N) is 2. The molecule has 128 valence electrons. The Labute approximate surface area is 141 Å². The predicted molar refractivity (Wildman–Crippen MR) is 90.4 cm³/mol. The molecular weight excluding hydrogens is 306 g/mol. The highest BCUT2D eigenvalue weighted by molar-refractivity contribution is 5.94. The zero-order chi connectivity index (χ0) is 17.4. The number of pyridine rings is 1. The molecule has 2 aromatic heterocycles. The molecule has 0 bridgehead atoms. The molecule has 6 heteroatoms. The number of rotatable bonds is 8. The van der Waals surface area contributed by atoms with Crippen molar-refractivity contribution >= 4 is 11.8 Å². The third-order valence-electron chi connectivity index (χ3n) is 3.66. The molecule has 2 rings (SSSR count). The van der Waals surface area contributed by atoms with E-state index in [1.54, 1.807) is 17.2 Å². The van der Waals surface area contributed by atoms with Crippen LogP contribution >= 0.6 is 0 Å². The van der Waals surface area contributed by atoms with Crippen LogP contribution in [0.3, 0.4) is 0 Å².